The number of allylic oxidation sites excluding steroid dienone is 7. The average Bonchev–Trinajstić information content (AvgIpc) is 3.10. The summed E-state index contributed by atoms with van der Waals surface area (Å²) in [7, 11) is 1.24. The minimum absolute atomic E-state index is 0.00565. The predicted molar refractivity (Wildman–Crippen MR) is 224 cm³/mol. The fourth-order valence-corrected chi connectivity index (χ4v) is 6.53. The van der Waals surface area contributed by atoms with Crippen LogP contribution in [0.3, 0.4) is 0 Å². The van der Waals surface area contributed by atoms with E-state index in [1.54, 1.807) is 6.08 Å². The highest BCUT2D eigenvalue weighted by molar-refractivity contribution is 7.45. The molecule has 1 amide bonds. The van der Waals surface area contributed by atoms with Crippen LogP contribution in [0, 0.1) is 0 Å². The maximum Gasteiger partial charge on any atom is 0.268 e. The number of nitrogens with one attached hydrogen (secondary N) is 1. The second kappa shape index (κ2) is 36.1. The standard InChI is InChI=1S/C44H83N2O6P/c1-6-8-10-12-14-16-18-19-20-21-22-23-24-25-26-27-28-30-32-34-36-38-44(48)45-42(41-52-53(49,50)51-40-39-46(3,4)5)43(47)37-35-33-31-29-17-15-13-11-9-7-2/h18-19,21-22,24-25,35,37,42-43,47H,6-17,20,23,26-34,36,38-41H2,1-5H3,(H-,45,48,49,50)/b19-18-,22-21-,25-24-,37-35+. The summed E-state index contributed by atoms with van der Waals surface area (Å²) < 4.78 is 23.1. The van der Waals surface area contributed by atoms with Crippen LogP contribution in [0.1, 0.15) is 174 Å². The Kier molecular flexibility index (Phi) is 35.1. The van der Waals surface area contributed by atoms with Gasteiger partial charge >= 0.3 is 0 Å². The van der Waals surface area contributed by atoms with Crippen molar-refractivity contribution in [1.82, 2.24) is 5.32 Å². The summed E-state index contributed by atoms with van der Waals surface area (Å²) in [5.74, 6) is -0.214. The van der Waals surface area contributed by atoms with Crippen molar-refractivity contribution in [2.24, 2.45) is 0 Å². The van der Waals surface area contributed by atoms with Crippen LogP contribution < -0.4 is 10.2 Å². The van der Waals surface area contributed by atoms with E-state index in [9.17, 15) is 19.4 Å². The van der Waals surface area contributed by atoms with Crippen molar-refractivity contribution in [2.45, 2.75) is 187 Å². The number of aliphatic hydroxyl groups is 1. The van der Waals surface area contributed by atoms with Gasteiger partial charge in [-0.15, -0.1) is 0 Å². The van der Waals surface area contributed by atoms with Crippen LogP contribution >= 0.6 is 7.82 Å². The summed E-state index contributed by atoms with van der Waals surface area (Å²) in [5, 5.41) is 13.7. The van der Waals surface area contributed by atoms with E-state index < -0.39 is 20.0 Å². The van der Waals surface area contributed by atoms with Gasteiger partial charge in [-0.05, 0) is 57.8 Å². The molecule has 0 aromatic carbocycles. The summed E-state index contributed by atoms with van der Waals surface area (Å²) in [6.07, 6.45) is 44.4. The number of carbonyl (C=O) groups excluding carboxylic acids is 1. The van der Waals surface area contributed by atoms with Crippen molar-refractivity contribution in [3.8, 4) is 0 Å². The van der Waals surface area contributed by atoms with Gasteiger partial charge < -0.3 is 28.8 Å². The van der Waals surface area contributed by atoms with Crippen LogP contribution in [-0.4, -0.2) is 68.5 Å². The molecule has 310 valence electrons. The highest BCUT2D eigenvalue weighted by atomic mass is 31.2. The van der Waals surface area contributed by atoms with Crippen LogP contribution in [0.2, 0.25) is 0 Å². The molecule has 0 saturated carbocycles. The number of carbonyl (C=O) groups is 1. The molecule has 0 heterocycles. The van der Waals surface area contributed by atoms with Gasteiger partial charge in [-0.1, -0.05) is 159 Å². The highest BCUT2D eigenvalue weighted by Gasteiger charge is 2.23. The third kappa shape index (κ3) is 38.5. The van der Waals surface area contributed by atoms with Gasteiger partial charge in [-0.3, -0.25) is 9.36 Å². The predicted octanol–water partition coefficient (Wildman–Crippen LogP) is 11.1. The molecule has 9 heteroatoms. The van der Waals surface area contributed by atoms with Gasteiger partial charge in [-0.2, -0.15) is 0 Å². The van der Waals surface area contributed by atoms with E-state index in [1.165, 1.54) is 89.9 Å². The van der Waals surface area contributed by atoms with Crippen LogP contribution in [0.25, 0.3) is 0 Å². The van der Waals surface area contributed by atoms with E-state index in [0.717, 1.165) is 64.2 Å². The van der Waals surface area contributed by atoms with Crippen LogP contribution in [0.5, 0.6) is 0 Å². The molecule has 0 rings (SSSR count). The topological polar surface area (TPSA) is 108 Å². The second-order valence-electron chi connectivity index (χ2n) is 15.7. The Bertz CT molecular complexity index is 1010. The third-order valence-electron chi connectivity index (χ3n) is 9.28. The summed E-state index contributed by atoms with van der Waals surface area (Å²) in [5.41, 5.74) is 0. The molecular formula is C44H83N2O6P. The lowest BCUT2D eigenvalue weighted by molar-refractivity contribution is -0.870. The van der Waals surface area contributed by atoms with Crippen molar-refractivity contribution >= 4 is 13.7 Å². The lowest BCUT2D eigenvalue weighted by Gasteiger charge is -2.29. The number of quaternary nitrogens is 1. The number of rotatable bonds is 38. The Morgan fingerprint density at radius 1 is 0.660 bits per heavy atom. The quantitative estimate of drug-likeness (QED) is 0.0280. The first-order valence-corrected chi connectivity index (χ1v) is 23.0. The minimum Gasteiger partial charge on any atom is -0.756 e. The monoisotopic (exact) mass is 767 g/mol. The normalized spacial score (nSPS) is 14.9. The molecule has 2 N–H and O–H groups in total. The Balaban J connectivity index is 4.38. The Labute approximate surface area is 327 Å². The molecule has 53 heavy (non-hydrogen) atoms. The lowest BCUT2D eigenvalue weighted by Crippen LogP contribution is -2.45. The van der Waals surface area contributed by atoms with E-state index in [-0.39, 0.29) is 19.1 Å². The van der Waals surface area contributed by atoms with Crippen molar-refractivity contribution in [3.05, 3.63) is 48.6 Å². The first kappa shape index (κ1) is 51.5. The fourth-order valence-electron chi connectivity index (χ4n) is 5.80. The number of phosphoric ester groups is 1. The summed E-state index contributed by atoms with van der Waals surface area (Å²) in [4.78, 5) is 25.2. The van der Waals surface area contributed by atoms with E-state index in [1.807, 2.05) is 27.2 Å². The smallest absolute Gasteiger partial charge is 0.268 e. The van der Waals surface area contributed by atoms with Gasteiger partial charge in [0.05, 0.1) is 39.9 Å². The number of amides is 1. The maximum atomic E-state index is 12.8. The molecular weight excluding hydrogens is 683 g/mol. The number of nitrogens with zero attached hydrogens (tertiary/aromatic N) is 1. The van der Waals surface area contributed by atoms with E-state index in [0.29, 0.717) is 17.4 Å². The first-order valence-electron chi connectivity index (χ1n) is 21.5. The Morgan fingerprint density at radius 3 is 1.58 bits per heavy atom. The Morgan fingerprint density at radius 2 is 1.09 bits per heavy atom. The fraction of sp³-hybridized carbons (Fsp3) is 0.795. The lowest BCUT2D eigenvalue weighted by atomic mass is 10.1. The molecule has 0 bridgehead atoms. The Hall–Kier alpha value is -1.54. The summed E-state index contributed by atoms with van der Waals surface area (Å²) >= 11 is 0. The number of aliphatic hydroxyl groups excluding tert-OH is 1. The van der Waals surface area contributed by atoms with Crippen molar-refractivity contribution < 1.29 is 32.9 Å². The van der Waals surface area contributed by atoms with Gasteiger partial charge in [0.2, 0.25) is 5.91 Å². The van der Waals surface area contributed by atoms with Crippen LogP contribution in [0.4, 0.5) is 0 Å². The molecule has 0 saturated heterocycles. The van der Waals surface area contributed by atoms with Crippen molar-refractivity contribution in [2.75, 3.05) is 40.9 Å². The van der Waals surface area contributed by atoms with Gasteiger partial charge in [0.1, 0.15) is 13.2 Å². The second-order valence-corrected chi connectivity index (χ2v) is 17.1. The number of unbranched alkanes of at least 4 members (excludes halogenated alkanes) is 19. The molecule has 0 aliphatic heterocycles. The van der Waals surface area contributed by atoms with Crippen LogP contribution in [0.15, 0.2) is 48.6 Å². The SMILES string of the molecule is CCCCCCC/C=C\C/C=C\C/C=C\CCCCCCCCC(=O)NC(COP(=O)([O-])OCC[N+](C)(C)C)C(O)/C=C/CCCCCCCCCC. The minimum atomic E-state index is -4.59. The highest BCUT2D eigenvalue weighted by Crippen LogP contribution is 2.38. The maximum absolute atomic E-state index is 12.8. The van der Waals surface area contributed by atoms with Crippen molar-refractivity contribution in [3.63, 3.8) is 0 Å². The molecule has 3 unspecified atom stereocenters. The molecule has 0 radical (unpaired) electrons. The largest absolute Gasteiger partial charge is 0.756 e. The van der Waals surface area contributed by atoms with Crippen molar-refractivity contribution in [1.29, 1.82) is 0 Å². The van der Waals surface area contributed by atoms with Crippen LogP contribution in [-0.2, 0) is 18.4 Å². The van der Waals surface area contributed by atoms with Gasteiger partial charge in [0.15, 0.2) is 0 Å². The molecule has 0 aromatic heterocycles. The number of likely N-dealkylation sites (N-methyl/N-ethyl adjacent to an activating group) is 1. The first-order chi connectivity index (χ1) is 25.5. The number of hydrogen-bond acceptors (Lipinski definition) is 6. The molecule has 0 spiro atoms. The van der Waals surface area contributed by atoms with Gasteiger partial charge in [-0.25, -0.2) is 0 Å². The number of hydrogen-bond donors (Lipinski definition) is 2. The molecule has 3 atom stereocenters. The molecule has 0 fully saturated rings. The zero-order chi connectivity index (χ0) is 39.3. The van der Waals surface area contributed by atoms with Gasteiger partial charge in [0, 0.05) is 6.42 Å². The average molecular weight is 767 g/mol. The number of phosphoric acid groups is 1. The zero-order valence-corrected chi connectivity index (χ0v) is 35.8. The summed E-state index contributed by atoms with van der Waals surface area (Å²) in [6.45, 7) is 4.58. The van der Waals surface area contributed by atoms with E-state index in [4.69, 9.17) is 9.05 Å². The van der Waals surface area contributed by atoms with E-state index in [2.05, 4.69) is 55.6 Å². The molecule has 0 aliphatic rings. The van der Waals surface area contributed by atoms with E-state index >= 15 is 0 Å². The molecule has 8 nitrogen and oxygen atoms in total. The third-order valence-corrected chi connectivity index (χ3v) is 10.2. The summed E-state index contributed by atoms with van der Waals surface area (Å²) in [6, 6.07) is -0.892. The zero-order valence-electron chi connectivity index (χ0n) is 35.0. The van der Waals surface area contributed by atoms with Gasteiger partial charge in [0.25, 0.3) is 7.82 Å². The molecule has 0 aromatic rings. The molecule has 0 aliphatic carbocycles.